The molecule has 3 nitrogen and oxygen atoms in total. The lowest BCUT2D eigenvalue weighted by atomic mass is 10.0. The first-order valence-corrected chi connectivity index (χ1v) is 3.50. The van der Waals surface area contributed by atoms with Gasteiger partial charge in [-0.2, -0.15) is 0 Å². The van der Waals surface area contributed by atoms with Gasteiger partial charge in [0.2, 0.25) is 0 Å². The quantitative estimate of drug-likeness (QED) is 0.449. The third-order valence-electron chi connectivity index (χ3n) is 1.97. The van der Waals surface area contributed by atoms with Gasteiger partial charge in [0.15, 0.2) is 0 Å². The van der Waals surface area contributed by atoms with Gasteiger partial charge in [0.05, 0.1) is 12.4 Å². The highest BCUT2D eigenvalue weighted by Crippen LogP contribution is 2.48. The van der Waals surface area contributed by atoms with Crippen molar-refractivity contribution in [2.24, 2.45) is 11.1 Å². The maximum atomic E-state index is 7.09. The smallest absolute Gasteiger partial charge is 0.0911 e. The molecule has 0 radical (unpaired) electrons. The van der Waals surface area contributed by atoms with Crippen LogP contribution in [0.25, 0.3) is 0 Å². The molecule has 0 bridgehead atoms. The predicted molar refractivity (Wildman–Crippen MR) is 40.1 cm³/mol. The number of rotatable bonds is 4. The fourth-order valence-corrected chi connectivity index (χ4v) is 1.26. The van der Waals surface area contributed by atoms with E-state index < -0.39 is 0 Å². The fourth-order valence-electron chi connectivity index (χ4n) is 1.26. The molecule has 3 N–H and O–H groups in total. The molecule has 0 aromatic rings. The van der Waals surface area contributed by atoms with Gasteiger partial charge in [-0.3, -0.25) is 5.41 Å². The Bertz CT molecular complexity index is 141. The molecule has 1 aliphatic carbocycles. The Kier molecular flexibility index (Phi) is 1.94. The minimum Gasteiger partial charge on any atom is -0.388 e. The van der Waals surface area contributed by atoms with Crippen LogP contribution in [0.4, 0.5) is 0 Å². The van der Waals surface area contributed by atoms with Crippen LogP contribution in [0.2, 0.25) is 0 Å². The second-order valence-electron chi connectivity index (χ2n) is 3.14. The predicted octanol–water partition coefficient (Wildman–Crippen LogP) is 0.739. The number of methoxy groups -OCH3 is 1. The average Bonchev–Trinajstić information content (AvgIpc) is 2.47. The maximum Gasteiger partial charge on any atom is 0.0911 e. The zero-order chi connectivity index (χ0) is 7.61. The Morgan fingerprint density at radius 2 is 2.30 bits per heavy atom. The number of nitrogens with one attached hydrogen (secondary N) is 1. The standard InChI is InChI=1S/C7H14N2O/c1-10-5-7(2-3-7)4-6(8)9/h2-5H2,1H3,(H3,8,9). The Hall–Kier alpha value is -0.570. The molecule has 0 saturated heterocycles. The van der Waals surface area contributed by atoms with Crippen LogP contribution in [-0.2, 0) is 4.74 Å². The Balaban J connectivity index is 2.30. The lowest BCUT2D eigenvalue weighted by Crippen LogP contribution is -2.19. The van der Waals surface area contributed by atoms with E-state index in [0.717, 1.165) is 6.61 Å². The van der Waals surface area contributed by atoms with Crippen molar-refractivity contribution < 1.29 is 4.74 Å². The van der Waals surface area contributed by atoms with Crippen molar-refractivity contribution in [1.29, 1.82) is 5.41 Å². The summed E-state index contributed by atoms with van der Waals surface area (Å²) in [6, 6.07) is 0. The van der Waals surface area contributed by atoms with Gasteiger partial charge >= 0.3 is 0 Å². The van der Waals surface area contributed by atoms with Gasteiger partial charge in [0.1, 0.15) is 0 Å². The van der Waals surface area contributed by atoms with Gasteiger partial charge in [-0.1, -0.05) is 0 Å². The van der Waals surface area contributed by atoms with Gasteiger partial charge < -0.3 is 10.5 Å². The van der Waals surface area contributed by atoms with E-state index in [1.807, 2.05) is 0 Å². The van der Waals surface area contributed by atoms with E-state index in [4.69, 9.17) is 15.9 Å². The molecule has 1 rings (SSSR count). The minimum atomic E-state index is 0.251. The van der Waals surface area contributed by atoms with Crippen molar-refractivity contribution in [2.75, 3.05) is 13.7 Å². The van der Waals surface area contributed by atoms with E-state index >= 15 is 0 Å². The second kappa shape index (κ2) is 2.58. The third kappa shape index (κ3) is 1.70. The summed E-state index contributed by atoms with van der Waals surface area (Å²) in [5, 5.41) is 7.09. The molecular formula is C7H14N2O. The molecule has 0 amide bonds. The number of ether oxygens (including phenoxy) is 1. The lowest BCUT2D eigenvalue weighted by molar-refractivity contribution is 0.144. The van der Waals surface area contributed by atoms with Crippen molar-refractivity contribution in [1.82, 2.24) is 0 Å². The molecular weight excluding hydrogens is 128 g/mol. The summed E-state index contributed by atoms with van der Waals surface area (Å²) in [4.78, 5) is 0. The highest BCUT2D eigenvalue weighted by molar-refractivity contribution is 5.78. The summed E-state index contributed by atoms with van der Waals surface area (Å²) in [5.41, 5.74) is 5.53. The summed E-state index contributed by atoms with van der Waals surface area (Å²) in [7, 11) is 1.69. The van der Waals surface area contributed by atoms with Gasteiger partial charge in [0.25, 0.3) is 0 Å². The van der Waals surface area contributed by atoms with Crippen LogP contribution in [0.3, 0.4) is 0 Å². The van der Waals surface area contributed by atoms with Crippen LogP contribution in [0.5, 0.6) is 0 Å². The van der Waals surface area contributed by atoms with E-state index in [1.165, 1.54) is 12.8 Å². The van der Waals surface area contributed by atoms with Crippen LogP contribution in [0, 0.1) is 10.8 Å². The first-order valence-electron chi connectivity index (χ1n) is 3.50. The first-order chi connectivity index (χ1) is 4.68. The molecule has 1 saturated carbocycles. The number of amidine groups is 1. The molecule has 58 valence electrons. The van der Waals surface area contributed by atoms with Gasteiger partial charge in [0, 0.05) is 18.9 Å². The van der Waals surface area contributed by atoms with E-state index in [2.05, 4.69) is 0 Å². The van der Waals surface area contributed by atoms with Crippen molar-refractivity contribution in [3.05, 3.63) is 0 Å². The Morgan fingerprint density at radius 1 is 1.70 bits per heavy atom. The summed E-state index contributed by atoms with van der Waals surface area (Å²) in [6.07, 6.45) is 3.04. The monoisotopic (exact) mass is 142 g/mol. The SMILES string of the molecule is COCC1(CC(=N)N)CC1. The van der Waals surface area contributed by atoms with Crippen LogP contribution in [-0.4, -0.2) is 19.6 Å². The molecule has 0 aliphatic heterocycles. The van der Waals surface area contributed by atoms with E-state index in [9.17, 15) is 0 Å². The van der Waals surface area contributed by atoms with Crippen molar-refractivity contribution in [2.45, 2.75) is 19.3 Å². The molecule has 3 heteroatoms. The number of hydrogen-bond acceptors (Lipinski definition) is 2. The molecule has 0 spiro atoms. The van der Waals surface area contributed by atoms with Crippen molar-refractivity contribution in [3.8, 4) is 0 Å². The molecule has 0 aromatic carbocycles. The highest BCUT2D eigenvalue weighted by Gasteiger charge is 2.42. The fraction of sp³-hybridized carbons (Fsp3) is 0.857. The zero-order valence-electron chi connectivity index (χ0n) is 6.31. The maximum absolute atomic E-state index is 7.09. The largest absolute Gasteiger partial charge is 0.388 e. The summed E-state index contributed by atoms with van der Waals surface area (Å²) in [5.74, 6) is 0.287. The molecule has 10 heavy (non-hydrogen) atoms. The lowest BCUT2D eigenvalue weighted by Gasteiger charge is -2.11. The highest BCUT2D eigenvalue weighted by atomic mass is 16.5. The zero-order valence-corrected chi connectivity index (χ0v) is 6.31. The van der Waals surface area contributed by atoms with Crippen LogP contribution >= 0.6 is 0 Å². The van der Waals surface area contributed by atoms with Crippen LogP contribution in [0.1, 0.15) is 19.3 Å². The van der Waals surface area contributed by atoms with Crippen LogP contribution < -0.4 is 5.73 Å². The average molecular weight is 142 g/mol. The number of hydrogen-bond donors (Lipinski definition) is 2. The Labute approximate surface area is 61.1 Å². The molecule has 0 aromatic heterocycles. The van der Waals surface area contributed by atoms with E-state index in [1.54, 1.807) is 7.11 Å². The Morgan fingerprint density at radius 3 is 2.60 bits per heavy atom. The molecule has 0 unspecified atom stereocenters. The van der Waals surface area contributed by atoms with E-state index in [-0.39, 0.29) is 11.3 Å². The van der Waals surface area contributed by atoms with Crippen molar-refractivity contribution >= 4 is 5.84 Å². The summed E-state index contributed by atoms with van der Waals surface area (Å²) in [6.45, 7) is 0.757. The third-order valence-corrected chi connectivity index (χ3v) is 1.97. The van der Waals surface area contributed by atoms with Crippen molar-refractivity contribution in [3.63, 3.8) is 0 Å². The normalized spacial score (nSPS) is 20.5. The summed E-state index contributed by atoms with van der Waals surface area (Å²) >= 11 is 0. The second-order valence-corrected chi connectivity index (χ2v) is 3.14. The molecule has 0 heterocycles. The number of nitrogens with two attached hydrogens (primary N) is 1. The van der Waals surface area contributed by atoms with E-state index in [0.29, 0.717) is 6.42 Å². The molecule has 1 fully saturated rings. The first kappa shape index (κ1) is 7.54. The van der Waals surface area contributed by atoms with Gasteiger partial charge in [-0.05, 0) is 12.8 Å². The van der Waals surface area contributed by atoms with Crippen LogP contribution in [0.15, 0.2) is 0 Å². The molecule has 1 aliphatic rings. The van der Waals surface area contributed by atoms with Gasteiger partial charge in [-0.15, -0.1) is 0 Å². The van der Waals surface area contributed by atoms with Gasteiger partial charge in [-0.25, -0.2) is 0 Å². The molecule has 0 atom stereocenters. The topological polar surface area (TPSA) is 59.1 Å². The summed E-state index contributed by atoms with van der Waals surface area (Å²) < 4.78 is 5.02. The minimum absolute atomic E-state index is 0.251.